The van der Waals surface area contributed by atoms with Crippen LogP contribution >= 0.6 is 11.8 Å². The number of rotatable bonds is 7. The maximum Gasteiger partial charge on any atom is 0.239 e. The lowest BCUT2D eigenvalue weighted by Gasteiger charge is -2.31. The molecule has 4 nitrogen and oxygen atoms in total. The molecule has 1 atom stereocenters. The van der Waals surface area contributed by atoms with Gasteiger partial charge in [-0.05, 0) is 54.5 Å². The zero-order chi connectivity index (χ0) is 15.9. The molecule has 2 rings (SSSR count). The number of nitrogens with zero attached hydrogens (tertiary/aromatic N) is 1. The number of benzene rings is 1. The molecule has 1 heterocycles. The van der Waals surface area contributed by atoms with E-state index in [2.05, 4.69) is 19.1 Å². The first kappa shape index (κ1) is 17.2. The van der Waals surface area contributed by atoms with Crippen molar-refractivity contribution in [2.24, 2.45) is 5.73 Å². The number of carbonyl (C=O) groups excluding carboxylic acids is 1. The summed E-state index contributed by atoms with van der Waals surface area (Å²) in [4.78, 5) is 14.3. The highest BCUT2D eigenvalue weighted by Gasteiger charge is 2.24. The normalized spacial score (nSPS) is 15.3. The lowest BCUT2D eigenvalue weighted by Crippen LogP contribution is -2.46. The third-order valence-corrected chi connectivity index (χ3v) is 4.57. The number of fused-ring (bicyclic) bond motifs is 1. The molecule has 1 unspecified atom stereocenters. The minimum atomic E-state index is -0.374. The molecule has 0 saturated carbocycles. The molecule has 5 heteroatoms. The third kappa shape index (κ3) is 4.40. The Bertz CT molecular complexity index is 507. The topological polar surface area (TPSA) is 55.6 Å². The number of hydrogen-bond donors (Lipinski definition) is 1. The summed E-state index contributed by atoms with van der Waals surface area (Å²) >= 11 is 1.73. The van der Waals surface area contributed by atoms with E-state index in [4.69, 9.17) is 10.5 Å². The second kappa shape index (κ2) is 8.44. The van der Waals surface area contributed by atoms with Crippen molar-refractivity contribution in [3.63, 3.8) is 0 Å². The SMILES string of the molecule is CCCOc1ccc2c(c1)CCN(C(=O)C(N)CCSC)C2. The second-order valence-corrected chi connectivity index (χ2v) is 6.66. The average molecular weight is 322 g/mol. The van der Waals surface area contributed by atoms with Crippen molar-refractivity contribution in [2.75, 3.05) is 25.2 Å². The summed E-state index contributed by atoms with van der Waals surface area (Å²) in [6.07, 6.45) is 4.66. The molecule has 1 amide bonds. The monoisotopic (exact) mass is 322 g/mol. The van der Waals surface area contributed by atoms with E-state index in [1.807, 2.05) is 17.2 Å². The summed E-state index contributed by atoms with van der Waals surface area (Å²) in [6.45, 7) is 4.25. The average Bonchev–Trinajstić information content (AvgIpc) is 2.56. The van der Waals surface area contributed by atoms with Crippen LogP contribution in [0.5, 0.6) is 5.75 Å². The molecule has 0 spiro atoms. The van der Waals surface area contributed by atoms with Gasteiger partial charge in [0.15, 0.2) is 0 Å². The predicted octanol–water partition coefficient (Wildman–Crippen LogP) is 2.44. The highest BCUT2D eigenvalue weighted by atomic mass is 32.2. The number of ether oxygens (including phenoxy) is 1. The van der Waals surface area contributed by atoms with Gasteiger partial charge in [0.25, 0.3) is 0 Å². The highest BCUT2D eigenvalue weighted by molar-refractivity contribution is 7.98. The molecule has 2 N–H and O–H groups in total. The molecule has 1 aliphatic heterocycles. The molecule has 22 heavy (non-hydrogen) atoms. The Labute approximate surface area is 137 Å². The van der Waals surface area contributed by atoms with E-state index in [0.29, 0.717) is 6.54 Å². The standard InChI is InChI=1S/C17H26N2O2S/c1-3-9-21-15-5-4-14-12-19(8-6-13(14)11-15)17(20)16(18)7-10-22-2/h4-5,11,16H,3,6-10,12,18H2,1-2H3. The molecule has 0 saturated heterocycles. The molecule has 1 aromatic rings. The van der Waals surface area contributed by atoms with E-state index in [1.165, 1.54) is 11.1 Å². The molecule has 122 valence electrons. The van der Waals surface area contributed by atoms with Crippen LogP contribution in [0.25, 0.3) is 0 Å². The van der Waals surface area contributed by atoms with Crippen LogP contribution in [0.15, 0.2) is 18.2 Å². The Morgan fingerprint density at radius 2 is 2.27 bits per heavy atom. The van der Waals surface area contributed by atoms with Gasteiger partial charge in [-0.2, -0.15) is 11.8 Å². The van der Waals surface area contributed by atoms with Crippen LogP contribution in [-0.2, 0) is 17.8 Å². The van der Waals surface area contributed by atoms with Gasteiger partial charge in [-0.1, -0.05) is 13.0 Å². The lowest BCUT2D eigenvalue weighted by molar-refractivity contribution is -0.133. The van der Waals surface area contributed by atoms with Crippen molar-refractivity contribution < 1.29 is 9.53 Å². The fourth-order valence-electron chi connectivity index (χ4n) is 2.63. The van der Waals surface area contributed by atoms with Gasteiger partial charge >= 0.3 is 0 Å². The molecule has 0 radical (unpaired) electrons. The van der Waals surface area contributed by atoms with Crippen LogP contribution in [0.3, 0.4) is 0 Å². The summed E-state index contributed by atoms with van der Waals surface area (Å²) in [5, 5.41) is 0. The Hall–Kier alpha value is -1.20. The first-order chi connectivity index (χ1) is 10.7. The fraction of sp³-hybridized carbons (Fsp3) is 0.588. The van der Waals surface area contributed by atoms with Crippen molar-refractivity contribution in [1.82, 2.24) is 4.90 Å². The summed E-state index contributed by atoms with van der Waals surface area (Å²) in [7, 11) is 0. The Kier molecular flexibility index (Phi) is 6.58. The van der Waals surface area contributed by atoms with Crippen molar-refractivity contribution >= 4 is 17.7 Å². The molecule has 0 aromatic heterocycles. The van der Waals surface area contributed by atoms with Crippen LogP contribution in [0.1, 0.15) is 30.9 Å². The molecule has 1 aliphatic rings. The lowest BCUT2D eigenvalue weighted by atomic mass is 9.98. The van der Waals surface area contributed by atoms with Crippen LogP contribution in [0.4, 0.5) is 0 Å². The first-order valence-corrected chi connectivity index (χ1v) is 9.33. The molecule has 0 bridgehead atoms. The fourth-order valence-corrected chi connectivity index (χ4v) is 3.12. The molecule has 1 aromatic carbocycles. The van der Waals surface area contributed by atoms with E-state index < -0.39 is 0 Å². The predicted molar refractivity (Wildman–Crippen MR) is 92.3 cm³/mol. The maximum atomic E-state index is 12.4. The second-order valence-electron chi connectivity index (χ2n) is 5.68. The Morgan fingerprint density at radius 1 is 1.45 bits per heavy atom. The van der Waals surface area contributed by atoms with Crippen LogP contribution in [0, 0.1) is 0 Å². The van der Waals surface area contributed by atoms with Gasteiger partial charge in [0.2, 0.25) is 5.91 Å². The number of amides is 1. The van der Waals surface area contributed by atoms with Crippen molar-refractivity contribution in [3.8, 4) is 5.75 Å². The van der Waals surface area contributed by atoms with Gasteiger partial charge in [-0.15, -0.1) is 0 Å². The number of carbonyl (C=O) groups is 1. The molecular formula is C17H26N2O2S. The minimum absolute atomic E-state index is 0.0750. The van der Waals surface area contributed by atoms with E-state index in [1.54, 1.807) is 11.8 Å². The largest absolute Gasteiger partial charge is 0.494 e. The van der Waals surface area contributed by atoms with E-state index >= 15 is 0 Å². The minimum Gasteiger partial charge on any atom is -0.494 e. The van der Waals surface area contributed by atoms with Crippen LogP contribution in [0.2, 0.25) is 0 Å². The van der Waals surface area contributed by atoms with Gasteiger partial charge in [0.05, 0.1) is 12.6 Å². The Balaban J connectivity index is 1.98. The smallest absolute Gasteiger partial charge is 0.239 e. The van der Waals surface area contributed by atoms with E-state index in [-0.39, 0.29) is 11.9 Å². The van der Waals surface area contributed by atoms with Gasteiger partial charge in [-0.3, -0.25) is 4.79 Å². The van der Waals surface area contributed by atoms with Gasteiger partial charge in [0.1, 0.15) is 5.75 Å². The zero-order valence-electron chi connectivity index (χ0n) is 13.5. The number of thioether (sulfide) groups is 1. The zero-order valence-corrected chi connectivity index (χ0v) is 14.3. The van der Waals surface area contributed by atoms with Crippen LogP contribution < -0.4 is 10.5 Å². The van der Waals surface area contributed by atoms with E-state index in [0.717, 1.165) is 43.9 Å². The Morgan fingerprint density at radius 3 is 3.00 bits per heavy atom. The molecular weight excluding hydrogens is 296 g/mol. The summed E-state index contributed by atoms with van der Waals surface area (Å²) in [6, 6.07) is 5.81. The number of nitrogens with two attached hydrogens (primary N) is 1. The van der Waals surface area contributed by atoms with Crippen molar-refractivity contribution in [2.45, 2.75) is 38.8 Å². The highest BCUT2D eigenvalue weighted by Crippen LogP contribution is 2.24. The number of hydrogen-bond acceptors (Lipinski definition) is 4. The van der Waals surface area contributed by atoms with Crippen molar-refractivity contribution in [3.05, 3.63) is 29.3 Å². The van der Waals surface area contributed by atoms with Gasteiger partial charge in [0, 0.05) is 13.1 Å². The van der Waals surface area contributed by atoms with E-state index in [9.17, 15) is 4.79 Å². The maximum absolute atomic E-state index is 12.4. The third-order valence-electron chi connectivity index (χ3n) is 3.92. The van der Waals surface area contributed by atoms with Crippen LogP contribution in [-0.4, -0.2) is 42.0 Å². The molecule has 0 aliphatic carbocycles. The first-order valence-electron chi connectivity index (χ1n) is 7.93. The summed E-state index contributed by atoms with van der Waals surface area (Å²) in [5.41, 5.74) is 8.50. The molecule has 0 fully saturated rings. The quantitative estimate of drug-likeness (QED) is 0.838. The van der Waals surface area contributed by atoms with Gasteiger partial charge < -0.3 is 15.4 Å². The summed E-state index contributed by atoms with van der Waals surface area (Å²) < 4.78 is 5.68. The van der Waals surface area contributed by atoms with Gasteiger partial charge in [-0.25, -0.2) is 0 Å². The van der Waals surface area contributed by atoms with Crippen molar-refractivity contribution in [1.29, 1.82) is 0 Å². The summed E-state index contributed by atoms with van der Waals surface area (Å²) in [5.74, 6) is 1.93.